The Morgan fingerprint density at radius 3 is 1.00 bits per heavy atom. The molecule has 0 nitrogen and oxygen atoms in total. The van der Waals surface area contributed by atoms with Crippen molar-refractivity contribution in [3.8, 4) is 0 Å². The molecule has 25 valence electrons. The van der Waals surface area contributed by atoms with Crippen LogP contribution in [0, 0.1) is 0 Å². The van der Waals surface area contributed by atoms with Crippen molar-refractivity contribution in [1.82, 2.24) is 0 Å². The zero-order chi connectivity index (χ0) is 0. The molecule has 0 spiro atoms. The fourth-order valence-corrected chi connectivity index (χ4v) is 0. The molecule has 0 aromatic carbocycles. The second kappa shape index (κ2) is 17.6. The van der Waals surface area contributed by atoms with E-state index in [0.717, 1.165) is 0 Å². The zero-order valence-electron chi connectivity index (χ0n) is 2.03. The topological polar surface area (TPSA) is 0 Å². The minimum atomic E-state index is 0. The van der Waals surface area contributed by atoms with Gasteiger partial charge in [-0.15, -0.1) is 0 Å². The molecule has 0 aliphatic carbocycles. The van der Waals surface area contributed by atoms with Crippen molar-refractivity contribution in [2.45, 2.75) is 0 Å². The van der Waals surface area contributed by atoms with Crippen molar-refractivity contribution >= 4 is 0 Å². The van der Waals surface area contributed by atoms with Gasteiger partial charge in [-0.3, -0.25) is 0 Å². The zero-order valence-corrected chi connectivity index (χ0v) is 12.4. The first-order valence-corrected chi connectivity index (χ1v) is 0. The molecule has 0 saturated heterocycles. The molecule has 0 fully saturated rings. The molecule has 0 rings (SSSR count). The van der Waals surface area contributed by atoms with Crippen LogP contribution in [-0.2, 0) is 80.7 Å². The van der Waals surface area contributed by atoms with Crippen LogP contribution in [0.25, 0.3) is 0 Å². The summed E-state index contributed by atoms with van der Waals surface area (Å²) in [6.45, 7) is 0. The van der Waals surface area contributed by atoms with Gasteiger partial charge in [0.25, 0.3) is 0 Å². The summed E-state index contributed by atoms with van der Waals surface area (Å²) in [5.74, 6) is 0. The summed E-state index contributed by atoms with van der Waals surface area (Å²) >= 11 is 0. The average molecular weight is 388 g/mol. The van der Waals surface area contributed by atoms with Gasteiger partial charge in [-0.2, -0.15) is 0 Å². The van der Waals surface area contributed by atoms with Crippen LogP contribution < -0.4 is 0 Å². The molecule has 0 aromatic heterocycles. The molecule has 0 atom stereocenters. The summed E-state index contributed by atoms with van der Waals surface area (Å²) in [4.78, 5) is 0. The van der Waals surface area contributed by atoms with Crippen LogP contribution in [0.1, 0.15) is 0 Å². The van der Waals surface area contributed by atoms with E-state index in [-0.39, 0.29) is 80.7 Å². The molecule has 1 radical (unpaired) electrons. The Morgan fingerprint density at radius 2 is 1.00 bits per heavy atom. The Morgan fingerprint density at radius 1 is 1.00 bits per heavy atom. The van der Waals surface area contributed by atoms with Gasteiger partial charge in [0.2, 0.25) is 0 Å². The Bertz CT molecular complexity index is 8.00. The van der Waals surface area contributed by atoms with Crippen LogP contribution in [0.4, 0.5) is 0 Å². The molecule has 0 bridgehead atoms. The van der Waals surface area contributed by atoms with E-state index in [2.05, 4.69) is 0 Å². The van der Waals surface area contributed by atoms with Gasteiger partial charge < -0.3 is 0 Å². The second-order valence-electron chi connectivity index (χ2n) is 0. The molecule has 0 amide bonds. The minimum absolute atomic E-state index is 0. The molecule has 0 saturated carbocycles. The molecule has 4 heteroatoms. The van der Waals surface area contributed by atoms with Crippen molar-refractivity contribution < 1.29 is 80.7 Å². The molecule has 0 N–H and O–H groups in total. The Labute approximate surface area is 79.5 Å². The van der Waals surface area contributed by atoms with E-state index in [9.17, 15) is 0 Å². The normalized spacial score (nSPS) is 0. The van der Waals surface area contributed by atoms with Gasteiger partial charge in [-0.25, -0.2) is 0 Å². The second-order valence-corrected chi connectivity index (χ2v) is 0. The molecule has 0 unspecified atom stereocenters. The third-order valence-electron chi connectivity index (χ3n) is 0. The molecule has 0 aliphatic heterocycles. The van der Waals surface area contributed by atoms with Gasteiger partial charge in [-0.1, -0.05) is 0 Å². The van der Waals surface area contributed by atoms with E-state index in [4.69, 9.17) is 0 Å². The van der Waals surface area contributed by atoms with Gasteiger partial charge in [0.05, 0.1) is 0 Å². The number of hydrogen-bond acceptors (Lipinski definition) is 0. The van der Waals surface area contributed by atoms with Crippen LogP contribution in [0.2, 0.25) is 0 Å². The van der Waals surface area contributed by atoms with Gasteiger partial charge in [0.15, 0.2) is 0 Å². The molecule has 0 aromatic rings. The van der Waals surface area contributed by atoms with Crippen molar-refractivity contribution in [1.29, 1.82) is 0 Å². The van der Waals surface area contributed by atoms with Crippen molar-refractivity contribution in [2.24, 2.45) is 0 Å². The Kier molecular flexibility index (Phi) is 136. The van der Waals surface area contributed by atoms with E-state index < -0.39 is 0 Å². The van der Waals surface area contributed by atoms with Crippen LogP contribution >= 0.6 is 0 Å². The van der Waals surface area contributed by atoms with E-state index in [1.807, 2.05) is 0 Å². The standard InChI is InChI=1S/Cu.Hg.Ni.Zn. The molecular weight excluding hydrogens is 388 g/mol. The number of hydrogen-bond donors (Lipinski definition) is 0. The average Bonchev–Trinajstić information content (AvgIpc) is 0. The maximum Gasteiger partial charge on any atom is 0 e. The fraction of sp³-hybridized carbons (Fsp3) is 0. The predicted octanol–water partition coefficient (Wildman–Crippen LogP) is -0.0100. The maximum atomic E-state index is 0. The van der Waals surface area contributed by atoms with Gasteiger partial charge >= 0.3 is 0 Å². The first kappa shape index (κ1) is 30.8. The smallest absolute Gasteiger partial charge is 0 e. The van der Waals surface area contributed by atoms with Crippen LogP contribution in [0.15, 0.2) is 0 Å². The first-order valence-electron chi connectivity index (χ1n) is 0. The molecule has 0 heterocycles. The van der Waals surface area contributed by atoms with E-state index in [0.29, 0.717) is 0 Å². The van der Waals surface area contributed by atoms with Crippen molar-refractivity contribution in [3.05, 3.63) is 0 Å². The maximum absolute atomic E-state index is 0. The van der Waals surface area contributed by atoms with Crippen LogP contribution in [-0.4, -0.2) is 0 Å². The summed E-state index contributed by atoms with van der Waals surface area (Å²) in [5, 5.41) is 0. The summed E-state index contributed by atoms with van der Waals surface area (Å²) in [6, 6.07) is 0. The van der Waals surface area contributed by atoms with Crippen molar-refractivity contribution in [2.75, 3.05) is 0 Å². The van der Waals surface area contributed by atoms with Gasteiger partial charge in [0, 0.05) is 80.7 Å². The Hall–Kier alpha value is 2.57. The SMILES string of the molecule is [Cu].[Hg].[Ni].[Zn]. The first-order chi connectivity index (χ1) is 0. The summed E-state index contributed by atoms with van der Waals surface area (Å²) in [5.41, 5.74) is 0. The summed E-state index contributed by atoms with van der Waals surface area (Å²) in [6.07, 6.45) is 0. The van der Waals surface area contributed by atoms with Crippen molar-refractivity contribution in [3.63, 3.8) is 0 Å². The summed E-state index contributed by atoms with van der Waals surface area (Å²) < 4.78 is 0. The molecule has 0 aliphatic rings. The van der Waals surface area contributed by atoms with Gasteiger partial charge in [-0.05, 0) is 0 Å². The summed E-state index contributed by atoms with van der Waals surface area (Å²) in [7, 11) is 0. The molecule has 4 heavy (non-hydrogen) atoms. The Balaban J connectivity index is 0. The fourth-order valence-electron chi connectivity index (χ4n) is 0. The third kappa shape index (κ3) is 8.82. The minimum Gasteiger partial charge on any atom is 0 e. The van der Waals surface area contributed by atoms with E-state index in [1.54, 1.807) is 0 Å². The third-order valence-corrected chi connectivity index (χ3v) is 0. The number of rotatable bonds is 0. The largest absolute Gasteiger partial charge is 0 e. The quantitative estimate of drug-likeness (QED) is 0.513. The van der Waals surface area contributed by atoms with Crippen LogP contribution in [0.5, 0.6) is 0 Å². The van der Waals surface area contributed by atoms with Gasteiger partial charge in [0.1, 0.15) is 0 Å². The van der Waals surface area contributed by atoms with Crippen LogP contribution in [0.3, 0.4) is 0 Å². The monoisotopic (exact) mass is 387 g/mol. The van der Waals surface area contributed by atoms with E-state index >= 15 is 0 Å². The predicted molar refractivity (Wildman–Crippen MR) is 0 cm³/mol. The molecular formula is CuHgNiZn. The van der Waals surface area contributed by atoms with E-state index in [1.165, 1.54) is 0 Å².